The smallest absolute Gasteiger partial charge is 0.434 e. The predicted molar refractivity (Wildman–Crippen MR) is 166 cm³/mol. The molecule has 0 fully saturated rings. The Balaban J connectivity index is 1.64. The molecule has 7 nitrogen and oxygen atoms in total. The highest BCUT2D eigenvalue weighted by Gasteiger charge is 2.45. The Labute approximate surface area is 273 Å². The van der Waals surface area contributed by atoms with Crippen LogP contribution in [0.25, 0.3) is 6.08 Å². The van der Waals surface area contributed by atoms with Crippen molar-refractivity contribution >= 4 is 58.2 Å². The number of hydrogen-bond donors (Lipinski definition) is 0. The zero-order valence-corrected chi connectivity index (χ0v) is 26.5. The molecule has 5 rings (SSSR count). The number of nitrogens with zero attached hydrogens (tertiary/aromatic N) is 2. The Morgan fingerprint density at radius 1 is 1.07 bits per heavy atom. The zero-order chi connectivity index (χ0) is 32.5. The van der Waals surface area contributed by atoms with E-state index in [0.29, 0.717) is 15.6 Å². The Kier molecular flexibility index (Phi) is 9.64. The molecule has 0 radical (unpaired) electrons. The highest BCUT2D eigenvalue weighted by molar-refractivity contribution is 7.07. The molecular formula is C31H22Cl3F3N2O5S. The van der Waals surface area contributed by atoms with Crippen LogP contribution in [0.4, 0.5) is 13.2 Å². The first-order chi connectivity index (χ1) is 21.4. The van der Waals surface area contributed by atoms with Crippen molar-refractivity contribution in [3.05, 3.63) is 123 Å². The second-order valence-electron chi connectivity index (χ2n) is 9.53. The van der Waals surface area contributed by atoms with Crippen molar-refractivity contribution < 1.29 is 32.2 Å². The maximum Gasteiger partial charge on any atom is 0.434 e. The fourth-order valence-electron chi connectivity index (χ4n) is 4.68. The van der Waals surface area contributed by atoms with Crippen molar-refractivity contribution in [3.8, 4) is 11.5 Å². The predicted octanol–water partition coefficient (Wildman–Crippen LogP) is 6.89. The fraction of sp³-hybridized carbons (Fsp3) is 0.194. The molecule has 0 bridgehead atoms. The third kappa shape index (κ3) is 6.76. The molecule has 0 saturated heterocycles. The SMILES string of the molecule is CCOC(=O)C1=C(C(F)(F)F)N=c2s/c(=C\c3cc(Cl)c(OCc4ccccc4Cl)c(OC)c3)c(=O)n2[C@H]1c1ccc(Cl)cc1. The van der Waals surface area contributed by atoms with Gasteiger partial charge in [0.25, 0.3) is 5.56 Å². The van der Waals surface area contributed by atoms with Crippen LogP contribution in [0.5, 0.6) is 11.5 Å². The van der Waals surface area contributed by atoms with E-state index >= 15 is 0 Å². The highest BCUT2D eigenvalue weighted by Crippen LogP contribution is 2.39. The third-order valence-electron chi connectivity index (χ3n) is 6.66. The molecule has 45 heavy (non-hydrogen) atoms. The van der Waals surface area contributed by atoms with Gasteiger partial charge in [-0.15, -0.1) is 0 Å². The summed E-state index contributed by atoms with van der Waals surface area (Å²) in [7, 11) is 1.41. The number of methoxy groups -OCH3 is 1. The number of allylic oxidation sites excluding steroid dienone is 1. The summed E-state index contributed by atoms with van der Waals surface area (Å²) in [5.41, 5.74) is -1.62. The molecule has 14 heteroatoms. The zero-order valence-electron chi connectivity index (χ0n) is 23.5. The van der Waals surface area contributed by atoms with E-state index in [1.165, 1.54) is 50.4 Å². The lowest BCUT2D eigenvalue weighted by Crippen LogP contribution is -2.41. The first-order valence-corrected chi connectivity index (χ1v) is 15.2. The lowest BCUT2D eigenvalue weighted by molar-refractivity contribution is -0.140. The summed E-state index contributed by atoms with van der Waals surface area (Å²) in [6, 6.07) is 14.5. The Morgan fingerprint density at radius 2 is 1.78 bits per heavy atom. The summed E-state index contributed by atoms with van der Waals surface area (Å²) >= 11 is 19.5. The summed E-state index contributed by atoms with van der Waals surface area (Å²) in [5, 5.41) is 0.980. The van der Waals surface area contributed by atoms with Gasteiger partial charge in [-0.05, 0) is 54.5 Å². The van der Waals surface area contributed by atoms with E-state index in [9.17, 15) is 22.8 Å². The molecule has 0 unspecified atom stereocenters. The largest absolute Gasteiger partial charge is 0.493 e. The van der Waals surface area contributed by atoms with Gasteiger partial charge in [-0.1, -0.05) is 76.5 Å². The van der Waals surface area contributed by atoms with Gasteiger partial charge in [0.05, 0.1) is 34.9 Å². The molecule has 234 valence electrons. The summed E-state index contributed by atoms with van der Waals surface area (Å²) < 4.78 is 60.4. The second-order valence-corrected chi connectivity index (χ2v) is 11.8. The second kappa shape index (κ2) is 13.3. The van der Waals surface area contributed by atoms with E-state index < -0.39 is 35.0 Å². The number of carbonyl (C=O) groups excluding carboxylic acids is 1. The Bertz CT molecular complexity index is 1990. The number of benzene rings is 3. The van der Waals surface area contributed by atoms with Crippen LogP contribution < -0.4 is 24.4 Å². The van der Waals surface area contributed by atoms with Crippen molar-refractivity contribution in [2.45, 2.75) is 25.7 Å². The highest BCUT2D eigenvalue weighted by atomic mass is 35.5. The molecule has 1 atom stereocenters. The molecule has 0 spiro atoms. The van der Waals surface area contributed by atoms with E-state index in [1.807, 2.05) is 6.07 Å². The lowest BCUT2D eigenvalue weighted by atomic mass is 9.95. The van der Waals surface area contributed by atoms with E-state index in [1.54, 1.807) is 24.3 Å². The normalized spacial score (nSPS) is 15.0. The number of thiazole rings is 1. The minimum atomic E-state index is -5.03. The number of esters is 1. The molecular weight excluding hydrogens is 676 g/mol. The Hall–Kier alpha value is -3.77. The van der Waals surface area contributed by atoms with Gasteiger partial charge in [0.15, 0.2) is 22.0 Å². The van der Waals surface area contributed by atoms with Crippen molar-refractivity contribution in [2.75, 3.05) is 13.7 Å². The molecule has 1 aliphatic rings. The van der Waals surface area contributed by atoms with Gasteiger partial charge < -0.3 is 14.2 Å². The average Bonchev–Trinajstić information content (AvgIpc) is 3.30. The molecule has 0 N–H and O–H groups in total. The number of alkyl halides is 3. The summed E-state index contributed by atoms with van der Waals surface area (Å²) in [6.07, 6.45) is -3.58. The van der Waals surface area contributed by atoms with Gasteiger partial charge >= 0.3 is 12.1 Å². The van der Waals surface area contributed by atoms with Gasteiger partial charge in [-0.2, -0.15) is 13.2 Å². The van der Waals surface area contributed by atoms with E-state index in [2.05, 4.69) is 4.99 Å². The lowest BCUT2D eigenvalue weighted by Gasteiger charge is -2.26. The molecule has 1 aliphatic heterocycles. The molecule has 3 aromatic carbocycles. The third-order valence-corrected chi connectivity index (χ3v) is 8.54. The number of hydrogen-bond acceptors (Lipinski definition) is 7. The van der Waals surface area contributed by atoms with Crippen LogP contribution >= 0.6 is 46.1 Å². The summed E-state index contributed by atoms with van der Waals surface area (Å²) in [6.45, 7) is 1.37. The van der Waals surface area contributed by atoms with Gasteiger partial charge in [0, 0.05) is 15.6 Å². The van der Waals surface area contributed by atoms with Crippen LogP contribution in [-0.2, 0) is 16.1 Å². The minimum Gasteiger partial charge on any atom is -0.493 e. The number of fused-ring (bicyclic) bond motifs is 1. The average molecular weight is 698 g/mol. The maximum absolute atomic E-state index is 14.3. The standard InChI is InChI=1S/C31H22Cl3F3N2O5S/c1-3-43-29(41)24-25(17-8-10-19(32)11-9-17)39-28(40)23(45-30(39)38-27(24)31(35,36)37)14-16-12-21(34)26(22(13-16)42-2)44-15-18-6-4-5-7-20(18)33/h4-14,25H,3,15H2,1-2H3/b23-14-/t25-/m0/s1. The van der Waals surface area contributed by atoms with E-state index in [0.717, 1.165) is 21.5 Å². The number of carbonyl (C=O) groups is 1. The number of ether oxygens (including phenoxy) is 3. The quantitative estimate of drug-likeness (QED) is 0.188. The van der Waals surface area contributed by atoms with Crippen LogP contribution in [0, 0.1) is 0 Å². The van der Waals surface area contributed by atoms with Crippen LogP contribution in [0.3, 0.4) is 0 Å². The van der Waals surface area contributed by atoms with Crippen molar-refractivity contribution in [1.29, 1.82) is 0 Å². The molecule has 1 aromatic heterocycles. The minimum absolute atomic E-state index is 0.0298. The van der Waals surface area contributed by atoms with E-state index in [4.69, 9.17) is 49.0 Å². The van der Waals surface area contributed by atoms with Crippen molar-refractivity contribution in [2.24, 2.45) is 4.99 Å². The molecule has 0 saturated carbocycles. The van der Waals surface area contributed by atoms with E-state index in [-0.39, 0.29) is 44.6 Å². The Morgan fingerprint density at radius 3 is 2.42 bits per heavy atom. The summed E-state index contributed by atoms with van der Waals surface area (Å²) in [5.74, 6) is -0.766. The first-order valence-electron chi connectivity index (χ1n) is 13.2. The monoisotopic (exact) mass is 696 g/mol. The number of aromatic nitrogens is 1. The summed E-state index contributed by atoms with van der Waals surface area (Å²) in [4.78, 5) is 30.3. The van der Waals surface area contributed by atoms with Crippen LogP contribution in [-0.4, -0.2) is 30.4 Å². The molecule has 0 aliphatic carbocycles. The first kappa shape index (κ1) is 32.6. The van der Waals surface area contributed by atoms with Crippen LogP contribution in [0.2, 0.25) is 15.1 Å². The van der Waals surface area contributed by atoms with Gasteiger partial charge in [0.2, 0.25) is 0 Å². The van der Waals surface area contributed by atoms with Crippen LogP contribution in [0.15, 0.2) is 81.7 Å². The van der Waals surface area contributed by atoms with Crippen molar-refractivity contribution in [3.63, 3.8) is 0 Å². The number of halogens is 6. The number of rotatable bonds is 8. The van der Waals surface area contributed by atoms with Gasteiger partial charge in [-0.3, -0.25) is 9.36 Å². The topological polar surface area (TPSA) is 79.1 Å². The fourth-order valence-corrected chi connectivity index (χ4v) is 6.27. The van der Waals surface area contributed by atoms with Gasteiger partial charge in [0.1, 0.15) is 6.61 Å². The molecule has 4 aromatic rings. The maximum atomic E-state index is 14.3. The van der Waals surface area contributed by atoms with Gasteiger partial charge in [-0.25, -0.2) is 9.79 Å². The molecule has 0 amide bonds. The van der Waals surface area contributed by atoms with Crippen molar-refractivity contribution in [1.82, 2.24) is 4.57 Å². The molecule has 2 heterocycles. The van der Waals surface area contributed by atoms with Crippen LogP contribution in [0.1, 0.15) is 29.7 Å².